The molecule has 0 unspecified atom stereocenters. The van der Waals surface area contributed by atoms with Gasteiger partial charge in [0.05, 0.1) is 26.2 Å². The molecule has 0 aliphatic carbocycles. The predicted octanol–water partition coefficient (Wildman–Crippen LogP) is -2.96. The monoisotopic (exact) mass is 462 g/mol. The summed E-state index contributed by atoms with van der Waals surface area (Å²) in [5, 5.41) is 0. The molecule has 0 rings (SSSR count). The average molecular weight is 460 g/mol. The van der Waals surface area contributed by atoms with E-state index in [1.807, 2.05) is 0 Å². The smallest absolute Gasteiger partial charge is 0.511 e. The number of quaternary nitrogens is 1. The summed E-state index contributed by atoms with van der Waals surface area (Å²) in [6.45, 7) is 14.2. The molecule has 0 radical (unpaired) electrons. The Hall–Kier alpha value is -0.501. The Morgan fingerprint density at radius 1 is 0.591 bits per heavy atom. The van der Waals surface area contributed by atoms with Crippen molar-refractivity contribution in [2.75, 3.05) is 26.2 Å². The van der Waals surface area contributed by atoms with Crippen LogP contribution < -0.4 is 0 Å². The predicted molar refractivity (Wildman–Crippen MR) is 75.1 cm³/mol. The maximum absolute atomic E-state index is 8.74. The van der Waals surface area contributed by atoms with E-state index >= 15 is 0 Å². The fraction of sp³-hybridized carbons (Fsp3) is 1.00. The second-order valence-corrected chi connectivity index (χ2v) is 5.15. The summed E-state index contributed by atoms with van der Waals surface area (Å²) >= 11 is 0. The second-order valence-electron chi connectivity index (χ2n) is 3.45. The molecule has 0 aliphatic rings. The van der Waals surface area contributed by atoms with Crippen molar-refractivity contribution >= 4 is 27.5 Å². The van der Waals surface area contributed by atoms with E-state index in [4.69, 9.17) is 42.2 Å². The van der Waals surface area contributed by atoms with Crippen LogP contribution in [0.25, 0.3) is 0 Å². The van der Waals surface area contributed by atoms with E-state index < -0.39 is 27.5 Å². The average Bonchev–Trinajstić information content (AvgIpc) is 2.30. The van der Waals surface area contributed by atoms with E-state index in [0.29, 0.717) is 0 Å². The summed E-state index contributed by atoms with van der Waals surface area (Å²) in [5.41, 5.74) is 0. The van der Waals surface area contributed by atoms with Gasteiger partial charge in [-0.05, 0) is 27.7 Å². The molecule has 0 aromatic heterocycles. The van der Waals surface area contributed by atoms with Crippen molar-refractivity contribution in [3.05, 3.63) is 0 Å². The maximum Gasteiger partial charge on any atom is 0.761 e. The Labute approximate surface area is 149 Å². The Kier molecular flexibility index (Phi) is 34.4. The van der Waals surface area contributed by atoms with E-state index in [-0.39, 0.29) is 21.1 Å². The molecule has 22 heavy (non-hydrogen) atoms. The first-order valence-corrected chi connectivity index (χ1v) is 9.96. The first kappa shape index (κ1) is 33.2. The van der Waals surface area contributed by atoms with Crippen molar-refractivity contribution in [3.8, 4) is 0 Å². The molecule has 14 heteroatoms. The van der Waals surface area contributed by atoms with Gasteiger partial charge in [0.2, 0.25) is 0 Å². The molecule has 0 saturated carbocycles. The van der Waals surface area contributed by atoms with E-state index in [1.165, 1.54) is 30.7 Å². The molecule has 0 bridgehead atoms. The molecule has 0 amide bonds. The Morgan fingerprint density at radius 3 is 0.682 bits per heavy atom. The third-order valence-electron chi connectivity index (χ3n) is 2.68. The minimum atomic E-state index is -3.13. The molecule has 0 fully saturated rings. The summed E-state index contributed by atoms with van der Waals surface area (Å²) in [6, 6.07) is 0. The Bertz CT molecular complexity index is 234. The van der Waals surface area contributed by atoms with Gasteiger partial charge in [-0.25, -0.2) is 0 Å². The zero-order valence-corrected chi connectivity index (χ0v) is 18.1. The zero-order valence-electron chi connectivity index (χ0n) is 13.1. The van der Waals surface area contributed by atoms with Crippen molar-refractivity contribution in [2.45, 2.75) is 27.7 Å². The van der Waals surface area contributed by atoms with Gasteiger partial charge in [0.1, 0.15) is 0 Å². The summed E-state index contributed by atoms with van der Waals surface area (Å²) in [7, 11) is -9.39. The second kappa shape index (κ2) is 22.8. The number of hydrogen-bond donors (Lipinski definition) is 6. The molecule has 0 atom stereocenters. The quantitative estimate of drug-likeness (QED) is 0.189. The minimum absolute atomic E-state index is 0. The number of hydrogen-bond acceptors (Lipinski definition) is 3. The van der Waals surface area contributed by atoms with Crippen molar-refractivity contribution in [3.63, 3.8) is 0 Å². The van der Waals surface area contributed by atoms with Crippen molar-refractivity contribution in [1.82, 2.24) is 0 Å². The van der Waals surface area contributed by atoms with Crippen LogP contribution in [-0.2, 0) is 34.5 Å². The van der Waals surface area contributed by atoms with E-state index in [1.54, 1.807) is 0 Å². The van der Waals surface area contributed by atoms with Gasteiger partial charge in [0, 0.05) is 21.1 Å². The van der Waals surface area contributed by atoms with Gasteiger partial charge in [0.15, 0.2) is 0 Å². The third-order valence-corrected chi connectivity index (χ3v) is 2.68. The van der Waals surface area contributed by atoms with Gasteiger partial charge in [-0.2, -0.15) is 0 Å². The standard InChI is InChI=1S/C8H20N.Mo.3H2O3Si/c1-5-9(6-2,7-3)8-4;;3*1-4(2)3/h5-8H2,1-4H3;;3*1-2H/q+1;;;;. The van der Waals surface area contributed by atoms with Crippen LogP contribution in [0.1, 0.15) is 27.7 Å². The van der Waals surface area contributed by atoms with Crippen molar-refractivity contribution in [2.24, 2.45) is 0 Å². The number of nitrogens with zero attached hydrogens (tertiary/aromatic N) is 1. The van der Waals surface area contributed by atoms with Gasteiger partial charge in [-0.3, -0.25) is 13.4 Å². The minimum Gasteiger partial charge on any atom is -0.511 e. The Balaban J connectivity index is -0.0000000632. The number of rotatable bonds is 4. The molecule has 0 saturated heterocycles. The van der Waals surface area contributed by atoms with E-state index in [9.17, 15) is 0 Å². The van der Waals surface area contributed by atoms with Crippen molar-refractivity contribution in [1.29, 1.82) is 0 Å². The van der Waals surface area contributed by atoms with Gasteiger partial charge >= 0.3 is 27.5 Å². The van der Waals surface area contributed by atoms with Crippen molar-refractivity contribution < 1.29 is 67.7 Å². The third kappa shape index (κ3) is 50.5. The molecule has 0 heterocycles. The van der Waals surface area contributed by atoms with Gasteiger partial charge in [-0.15, -0.1) is 0 Å². The first-order chi connectivity index (χ1) is 9.44. The Morgan fingerprint density at radius 2 is 0.682 bits per heavy atom. The zero-order chi connectivity index (χ0) is 18.1. The molecule has 10 nitrogen and oxygen atoms in total. The summed E-state index contributed by atoms with van der Waals surface area (Å²) in [6.07, 6.45) is 0. The topological polar surface area (TPSA) is 173 Å². The molecular weight excluding hydrogens is 434 g/mol. The summed E-state index contributed by atoms with van der Waals surface area (Å²) < 4.78 is 27.5. The molecule has 6 N–H and O–H groups in total. The molecule has 0 aliphatic heterocycles. The van der Waals surface area contributed by atoms with E-state index in [2.05, 4.69) is 27.7 Å². The van der Waals surface area contributed by atoms with Gasteiger partial charge in [0.25, 0.3) is 0 Å². The van der Waals surface area contributed by atoms with Crippen LogP contribution in [0.2, 0.25) is 0 Å². The molecular formula is C8H26MoNO9Si3+. The van der Waals surface area contributed by atoms with Crippen LogP contribution in [-0.4, -0.2) is 86.9 Å². The normalized spacial score (nSPS) is 8.18. The first-order valence-electron chi connectivity index (χ1n) is 6.05. The SMILES string of the molecule is CC[N+](CC)(CC)CC.O=[Si](O)O.O=[Si](O)O.O=[Si](O)O.[Mo]. The fourth-order valence-corrected chi connectivity index (χ4v) is 1.34. The van der Waals surface area contributed by atoms with Crippen LogP contribution in [0.5, 0.6) is 0 Å². The summed E-state index contributed by atoms with van der Waals surface area (Å²) in [4.78, 5) is 42.9. The fourth-order valence-electron chi connectivity index (χ4n) is 1.34. The molecule has 0 aromatic rings. The van der Waals surface area contributed by atoms with E-state index in [0.717, 1.165) is 0 Å². The van der Waals surface area contributed by atoms with Crippen LogP contribution in [0.4, 0.5) is 0 Å². The van der Waals surface area contributed by atoms with Crippen LogP contribution in [0.3, 0.4) is 0 Å². The largest absolute Gasteiger partial charge is 0.761 e. The molecule has 0 spiro atoms. The van der Waals surface area contributed by atoms with Crippen LogP contribution >= 0.6 is 0 Å². The molecule has 0 aromatic carbocycles. The molecule has 134 valence electrons. The van der Waals surface area contributed by atoms with Gasteiger partial charge < -0.3 is 33.3 Å². The maximum atomic E-state index is 8.74. The van der Waals surface area contributed by atoms with Crippen LogP contribution in [0.15, 0.2) is 0 Å². The van der Waals surface area contributed by atoms with Crippen LogP contribution in [0, 0.1) is 0 Å². The van der Waals surface area contributed by atoms with Gasteiger partial charge in [-0.1, -0.05) is 0 Å². The summed E-state index contributed by atoms with van der Waals surface area (Å²) in [5.74, 6) is 0.